The Labute approximate surface area is 83.9 Å². The van der Waals surface area contributed by atoms with E-state index in [4.69, 9.17) is 4.74 Å². The summed E-state index contributed by atoms with van der Waals surface area (Å²) in [5.74, 6) is -0.668. The Hall–Kier alpha value is -1.32. The highest BCUT2D eigenvalue weighted by atomic mass is 16.5. The number of ether oxygens (including phenoxy) is 2. The third kappa shape index (κ3) is 5.35. The molecule has 0 aliphatic rings. The zero-order valence-corrected chi connectivity index (χ0v) is 8.67. The average molecular weight is 200 g/mol. The largest absolute Gasteiger partial charge is 0.469 e. The van der Waals surface area contributed by atoms with Crippen LogP contribution in [0.4, 0.5) is 0 Å². The van der Waals surface area contributed by atoms with Gasteiger partial charge in [-0.25, -0.2) is 4.79 Å². The first-order valence-electron chi connectivity index (χ1n) is 4.53. The Balaban J connectivity index is 3.63. The number of esters is 2. The van der Waals surface area contributed by atoms with Crippen LogP contribution in [0.25, 0.3) is 0 Å². The maximum Gasteiger partial charge on any atom is 0.333 e. The molecule has 0 fully saturated rings. The summed E-state index contributed by atoms with van der Waals surface area (Å²) in [6.07, 6.45) is 1.33. The smallest absolute Gasteiger partial charge is 0.333 e. The lowest BCUT2D eigenvalue weighted by atomic mass is 10.1. The van der Waals surface area contributed by atoms with Crippen LogP contribution in [0.2, 0.25) is 0 Å². The van der Waals surface area contributed by atoms with Crippen LogP contribution in [0.15, 0.2) is 12.2 Å². The van der Waals surface area contributed by atoms with Crippen molar-refractivity contribution in [2.45, 2.75) is 26.2 Å². The van der Waals surface area contributed by atoms with Crippen LogP contribution in [-0.2, 0) is 19.1 Å². The lowest BCUT2D eigenvalue weighted by Crippen LogP contribution is -2.07. The highest BCUT2D eigenvalue weighted by Gasteiger charge is 2.08. The summed E-state index contributed by atoms with van der Waals surface area (Å²) in [7, 11) is 1.34. The van der Waals surface area contributed by atoms with Gasteiger partial charge in [-0.1, -0.05) is 6.58 Å². The fourth-order valence-corrected chi connectivity index (χ4v) is 0.883. The van der Waals surface area contributed by atoms with Crippen molar-refractivity contribution in [2.75, 3.05) is 13.7 Å². The Kier molecular flexibility index (Phi) is 6.45. The summed E-state index contributed by atoms with van der Waals surface area (Å²) in [5.41, 5.74) is 0.399. The van der Waals surface area contributed by atoms with Crippen LogP contribution in [0.1, 0.15) is 26.2 Å². The third-order valence-electron chi connectivity index (χ3n) is 1.65. The molecular weight excluding hydrogens is 184 g/mol. The molecule has 14 heavy (non-hydrogen) atoms. The molecule has 4 heteroatoms. The second kappa shape index (κ2) is 7.12. The lowest BCUT2D eigenvalue weighted by molar-refractivity contribution is -0.141. The number of methoxy groups -OCH3 is 1. The molecule has 0 rings (SSSR count). The van der Waals surface area contributed by atoms with Crippen molar-refractivity contribution in [1.29, 1.82) is 0 Å². The maximum absolute atomic E-state index is 11.1. The standard InChI is InChI=1S/C10H16O4/c1-4-14-10(12)8(2)6-5-7-9(11)13-3/h2,4-7H2,1,3H3. The number of hydrogen-bond acceptors (Lipinski definition) is 4. The number of hydrogen-bond donors (Lipinski definition) is 0. The molecule has 0 amide bonds. The van der Waals surface area contributed by atoms with E-state index < -0.39 is 5.97 Å². The van der Waals surface area contributed by atoms with Crippen molar-refractivity contribution < 1.29 is 19.1 Å². The van der Waals surface area contributed by atoms with Gasteiger partial charge in [-0.05, 0) is 19.8 Å². The monoisotopic (exact) mass is 200 g/mol. The summed E-state index contributed by atoms with van der Waals surface area (Å²) in [5, 5.41) is 0. The number of rotatable bonds is 6. The van der Waals surface area contributed by atoms with Crippen LogP contribution in [-0.4, -0.2) is 25.7 Å². The van der Waals surface area contributed by atoms with E-state index >= 15 is 0 Å². The van der Waals surface area contributed by atoms with Crippen molar-refractivity contribution in [3.63, 3.8) is 0 Å². The van der Waals surface area contributed by atoms with Gasteiger partial charge in [0.05, 0.1) is 13.7 Å². The van der Waals surface area contributed by atoms with Crippen LogP contribution >= 0.6 is 0 Å². The lowest BCUT2D eigenvalue weighted by Gasteiger charge is -2.04. The molecule has 0 aromatic heterocycles. The first-order chi connectivity index (χ1) is 6.61. The van der Waals surface area contributed by atoms with E-state index in [2.05, 4.69) is 11.3 Å². The summed E-state index contributed by atoms with van der Waals surface area (Å²) in [4.78, 5) is 21.8. The number of carbonyl (C=O) groups excluding carboxylic acids is 2. The van der Waals surface area contributed by atoms with E-state index in [1.165, 1.54) is 7.11 Å². The van der Waals surface area contributed by atoms with Gasteiger partial charge in [0.25, 0.3) is 0 Å². The van der Waals surface area contributed by atoms with Gasteiger partial charge in [0.2, 0.25) is 0 Å². The molecule has 0 atom stereocenters. The minimum Gasteiger partial charge on any atom is -0.469 e. The first-order valence-corrected chi connectivity index (χ1v) is 4.53. The molecule has 0 radical (unpaired) electrons. The van der Waals surface area contributed by atoms with Crippen molar-refractivity contribution in [1.82, 2.24) is 0 Å². The van der Waals surface area contributed by atoms with Crippen LogP contribution < -0.4 is 0 Å². The molecule has 0 unspecified atom stereocenters. The van der Waals surface area contributed by atoms with E-state index in [0.717, 1.165) is 0 Å². The molecular formula is C10H16O4. The molecule has 0 saturated carbocycles. The van der Waals surface area contributed by atoms with Crippen molar-refractivity contribution in [3.8, 4) is 0 Å². The van der Waals surface area contributed by atoms with E-state index in [9.17, 15) is 9.59 Å². The predicted octanol–water partition coefficient (Wildman–Crippen LogP) is 1.45. The van der Waals surface area contributed by atoms with Gasteiger partial charge in [0, 0.05) is 12.0 Å². The Bertz CT molecular complexity index is 220. The summed E-state index contributed by atoms with van der Waals surface area (Å²) in [6.45, 7) is 5.65. The average Bonchev–Trinajstić information content (AvgIpc) is 2.17. The molecule has 4 nitrogen and oxygen atoms in total. The van der Waals surface area contributed by atoms with Gasteiger partial charge >= 0.3 is 11.9 Å². The second-order valence-electron chi connectivity index (χ2n) is 2.75. The Morgan fingerprint density at radius 3 is 2.43 bits per heavy atom. The molecule has 0 N–H and O–H groups in total. The zero-order chi connectivity index (χ0) is 11.0. The van der Waals surface area contributed by atoms with E-state index in [1.54, 1.807) is 6.92 Å². The fraction of sp³-hybridized carbons (Fsp3) is 0.600. The van der Waals surface area contributed by atoms with Crippen LogP contribution in [0.3, 0.4) is 0 Å². The third-order valence-corrected chi connectivity index (χ3v) is 1.65. The second-order valence-corrected chi connectivity index (χ2v) is 2.75. The minimum absolute atomic E-state index is 0.276. The topological polar surface area (TPSA) is 52.6 Å². The van der Waals surface area contributed by atoms with E-state index in [0.29, 0.717) is 31.4 Å². The highest BCUT2D eigenvalue weighted by Crippen LogP contribution is 2.07. The van der Waals surface area contributed by atoms with Gasteiger partial charge in [-0.2, -0.15) is 0 Å². The van der Waals surface area contributed by atoms with Gasteiger partial charge in [-0.15, -0.1) is 0 Å². The molecule has 0 aromatic rings. The van der Waals surface area contributed by atoms with Crippen LogP contribution in [0, 0.1) is 0 Å². The van der Waals surface area contributed by atoms with E-state index in [-0.39, 0.29) is 5.97 Å². The summed E-state index contributed by atoms with van der Waals surface area (Å²) >= 11 is 0. The zero-order valence-electron chi connectivity index (χ0n) is 8.67. The molecule has 0 aliphatic carbocycles. The minimum atomic E-state index is -0.391. The van der Waals surface area contributed by atoms with Crippen molar-refractivity contribution >= 4 is 11.9 Å². The normalized spacial score (nSPS) is 9.29. The van der Waals surface area contributed by atoms with Gasteiger partial charge in [0.1, 0.15) is 0 Å². The van der Waals surface area contributed by atoms with Crippen molar-refractivity contribution in [2.24, 2.45) is 0 Å². The van der Waals surface area contributed by atoms with Gasteiger partial charge in [-0.3, -0.25) is 4.79 Å². The van der Waals surface area contributed by atoms with Gasteiger partial charge < -0.3 is 9.47 Å². The molecule has 0 saturated heterocycles. The molecule has 0 heterocycles. The fourth-order valence-electron chi connectivity index (χ4n) is 0.883. The molecule has 0 spiro atoms. The first kappa shape index (κ1) is 12.7. The van der Waals surface area contributed by atoms with E-state index in [1.807, 2.05) is 0 Å². The van der Waals surface area contributed by atoms with Crippen molar-refractivity contribution in [3.05, 3.63) is 12.2 Å². The summed E-state index contributed by atoms with van der Waals surface area (Å²) < 4.78 is 9.19. The Morgan fingerprint density at radius 1 is 1.29 bits per heavy atom. The SMILES string of the molecule is C=C(CCCC(=O)OC)C(=O)OCC. The number of carbonyl (C=O) groups is 2. The predicted molar refractivity (Wildman–Crippen MR) is 51.6 cm³/mol. The quantitative estimate of drug-likeness (QED) is 0.481. The molecule has 0 aromatic carbocycles. The maximum atomic E-state index is 11.1. The molecule has 80 valence electrons. The highest BCUT2D eigenvalue weighted by molar-refractivity contribution is 5.87. The Morgan fingerprint density at radius 2 is 1.93 bits per heavy atom. The molecule has 0 aliphatic heterocycles. The summed E-state index contributed by atoms with van der Waals surface area (Å²) in [6, 6.07) is 0. The van der Waals surface area contributed by atoms with Crippen LogP contribution in [0.5, 0.6) is 0 Å². The van der Waals surface area contributed by atoms with Gasteiger partial charge in [0.15, 0.2) is 0 Å². The molecule has 0 bridgehead atoms.